The van der Waals surface area contributed by atoms with E-state index in [4.69, 9.17) is 9.47 Å². The van der Waals surface area contributed by atoms with Gasteiger partial charge in [0.15, 0.2) is 0 Å². The largest absolute Gasteiger partial charge is 0.379 e. The van der Waals surface area contributed by atoms with Gasteiger partial charge in [0.25, 0.3) is 0 Å². The summed E-state index contributed by atoms with van der Waals surface area (Å²) in [7, 11) is 1.79. The number of hydrogen-bond donors (Lipinski definition) is 1. The highest BCUT2D eigenvalue weighted by Crippen LogP contribution is 2.23. The summed E-state index contributed by atoms with van der Waals surface area (Å²) in [6.07, 6.45) is 5.01. The first-order valence-electron chi connectivity index (χ1n) is 6.49. The Morgan fingerprint density at radius 1 is 1.50 bits per heavy atom. The Hall–Kier alpha value is -0.120. The quantitative estimate of drug-likeness (QED) is 0.727. The lowest BCUT2D eigenvalue weighted by atomic mass is 9.95. The molecule has 0 bridgehead atoms. The zero-order valence-electron chi connectivity index (χ0n) is 11.2. The van der Waals surface area contributed by atoms with E-state index in [1.807, 2.05) is 0 Å². The fraction of sp³-hybridized carbons (Fsp3) is 1.00. The number of hydrogen-bond acceptors (Lipinski definition) is 3. The molecule has 1 heterocycles. The lowest BCUT2D eigenvalue weighted by Crippen LogP contribution is -2.41. The first-order chi connectivity index (χ1) is 7.59. The molecular weight excluding hydrogens is 202 g/mol. The second-order valence-electron chi connectivity index (χ2n) is 5.22. The molecule has 2 unspecified atom stereocenters. The average Bonchev–Trinajstić information content (AvgIpc) is 2.77. The van der Waals surface area contributed by atoms with Crippen LogP contribution in [0.1, 0.15) is 46.5 Å². The van der Waals surface area contributed by atoms with Gasteiger partial charge in [0, 0.05) is 19.8 Å². The Kier molecular flexibility index (Phi) is 5.73. The van der Waals surface area contributed by atoms with Crippen molar-refractivity contribution in [1.29, 1.82) is 0 Å². The van der Waals surface area contributed by atoms with E-state index >= 15 is 0 Å². The number of methoxy groups -OCH3 is 1. The van der Waals surface area contributed by atoms with Crippen LogP contribution in [0.25, 0.3) is 0 Å². The predicted octanol–water partition coefficient (Wildman–Crippen LogP) is 2.35. The van der Waals surface area contributed by atoms with Crippen LogP contribution < -0.4 is 5.32 Å². The van der Waals surface area contributed by atoms with Crippen molar-refractivity contribution in [2.24, 2.45) is 0 Å². The van der Waals surface area contributed by atoms with Gasteiger partial charge in [0.1, 0.15) is 0 Å². The second-order valence-corrected chi connectivity index (χ2v) is 5.22. The van der Waals surface area contributed by atoms with Crippen molar-refractivity contribution in [1.82, 2.24) is 5.32 Å². The Balaban J connectivity index is 2.38. The maximum Gasteiger partial charge on any atom is 0.0728 e. The molecule has 0 aromatic heterocycles. The molecule has 0 radical (unpaired) electrons. The maximum atomic E-state index is 5.76. The molecule has 16 heavy (non-hydrogen) atoms. The molecule has 1 N–H and O–H groups in total. The summed E-state index contributed by atoms with van der Waals surface area (Å²) in [4.78, 5) is 0. The third-order valence-electron chi connectivity index (χ3n) is 3.49. The Morgan fingerprint density at radius 3 is 2.75 bits per heavy atom. The number of rotatable bonds is 7. The zero-order valence-corrected chi connectivity index (χ0v) is 11.2. The van der Waals surface area contributed by atoms with E-state index in [9.17, 15) is 0 Å². The Labute approximate surface area is 99.9 Å². The van der Waals surface area contributed by atoms with Crippen molar-refractivity contribution in [3.63, 3.8) is 0 Å². The molecule has 3 heteroatoms. The van der Waals surface area contributed by atoms with Gasteiger partial charge in [0.05, 0.1) is 11.7 Å². The Bertz CT molecular complexity index is 188. The SMILES string of the molecule is CCNC(CCC(C)(C)OC)C1CCCO1. The fourth-order valence-electron chi connectivity index (χ4n) is 2.21. The summed E-state index contributed by atoms with van der Waals surface area (Å²) >= 11 is 0. The van der Waals surface area contributed by atoms with Crippen molar-refractivity contribution < 1.29 is 9.47 Å². The minimum Gasteiger partial charge on any atom is -0.379 e. The van der Waals surface area contributed by atoms with Crippen LogP contribution in [0.4, 0.5) is 0 Å². The van der Waals surface area contributed by atoms with Crippen LogP contribution in [0.2, 0.25) is 0 Å². The van der Waals surface area contributed by atoms with Crippen LogP contribution in [0.5, 0.6) is 0 Å². The smallest absolute Gasteiger partial charge is 0.0728 e. The highest BCUT2D eigenvalue weighted by molar-refractivity contribution is 4.82. The van der Waals surface area contributed by atoms with E-state index < -0.39 is 0 Å². The molecule has 0 saturated carbocycles. The summed E-state index contributed by atoms with van der Waals surface area (Å²) in [6.45, 7) is 8.39. The molecule has 0 aliphatic carbocycles. The summed E-state index contributed by atoms with van der Waals surface area (Å²) in [5.74, 6) is 0. The second kappa shape index (κ2) is 6.58. The third kappa shape index (κ3) is 4.40. The lowest BCUT2D eigenvalue weighted by Gasteiger charge is -2.29. The minimum absolute atomic E-state index is 0.0216. The summed E-state index contributed by atoms with van der Waals surface area (Å²) < 4.78 is 11.2. The van der Waals surface area contributed by atoms with Gasteiger partial charge in [-0.05, 0) is 46.1 Å². The summed E-state index contributed by atoms with van der Waals surface area (Å²) in [5, 5.41) is 3.54. The topological polar surface area (TPSA) is 30.5 Å². The average molecular weight is 229 g/mol. The van der Waals surface area contributed by atoms with E-state index in [0.29, 0.717) is 12.1 Å². The highest BCUT2D eigenvalue weighted by atomic mass is 16.5. The maximum absolute atomic E-state index is 5.76. The van der Waals surface area contributed by atoms with E-state index in [1.165, 1.54) is 12.8 Å². The summed E-state index contributed by atoms with van der Waals surface area (Å²) in [5.41, 5.74) is -0.0216. The van der Waals surface area contributed by atoms with Gasteiger partial charge in [-0.1, -0.05) is 6.92 Å². The van der Waals surface area contributed by atoms with Gasteiger partial charge >= 0.3 is 0 Å². The van der Waals surface area contributed by atoms with Gasteiger partial charge in [-0.25, -0.2) is 0 Å². The molecule has 1 saturated heterocycles. The molecule has 96 valence electrons. The third-order valence-corrected chi connectivity index (χ3v) is 3.49. The lowest BCUT2D eigenvalue weighted by molar-refractivity contribution is 0.00407. The monoisotopic (exact) mass is 229 g/mol. The van der Waals surface area contributed by atoms with Crippen molar-refractivity contribution in [2.75, 3.05) is 20.3 Å². The minimum atomic E-state index is -0.0216. The molecule has 0 spiro atoms. The molecular formula is C13H27NO2. The van der Waals surface area contributed by atoms with Gasteiger partial charge in [-0.2, -0.15) is 0 Å². The van der Waals surface area contributed by atoms with E-state index in [2.05, 4.69) is 26.1 Å². The van der Waals surface area contributed by atoms with E-state index in [0.717, 1.165) is 26.0 Å². The Morgan fingerprint density at radius 2 is 2.25 bits per heavy atom. The summed E-state index contributed by atoms with van der Waals surface area (Å²) in [6, 6.07) is 0.488. The molecule has 1 rings (SSSR count). The predicted molar refractivity (Wildman–Crippen MR) is 66.8 cm³/mol. The molecule has 3 nitrogen and oxygen atoms in total. The molecule has 1 aliphatic rings. The van der Waals surface area contributed by atoms with Gasteiger partial charge in [0.2, 0.25) is 0 Å². The van der Waals surface area contributed by atoms with Crippen LogP contribution in [0, 0.1) is 0 Å². The number of ether oxygens (including phenoxy) is 2. The molecule has 0 aromatic rings. The van der Waals surface area contributed by atoms with Crippen molar-refractivity contribution in [3.05, 3.63) is 0 Å². The van der Waals surface area contributed by atoms with Gasteiger partial charge in [-0.15, -0.1) is 0 Å². The molecule has 1 aliphatic heterocycles. The molecule has 0 amide bonds. The van der Waals surface area contributed by atoms with Gasteiger partial charge < -0.3 is 14.8 Å². The highest BCUT2D eigenvalue weighted by Gasteiger charge is 2.27. The van der Waals surface area contributed by atoms with Crippen molar-refractivity contribution in [2.45, 2.75) is 64.2 Å². The van der Waals surface area contributed by atoms with E-state index in [-0.39, 0.29) is 5.60 Å². The van der Waals surface area contributed by atoms with Crippen LogP contribution >= 0.6 is 0 Å². The first kappa shape index (κ1) is 13.9. The normalized spacial score (nSPS) is 23.6. The number of likely N-dealkylation sites (N-methyl/N-ethyl adjacent to an activating group) is 1. The fourth-order valence-corrected chi connectivity index (χ4v) is 2.21. The van der Waals surface area contributed by atoms with Crippen LogP contribution in [-0.2, 0) is 9.47 Å². The molecule has 2 atom stereocenters. The van der Waals surface area contributed by atoms with Crippen molar-refractivity contribution in [3.8, 4) is 0 Å². The van der Waals surface area contributed by atoms with Crippen molar-refractivity contribution >= 4 is 0 Å². The van der Waals surface area contributed by atoms with Crippen LogP contribution in [0.15, 0.2) is 0 Å². The van der Waals surface area contributed by atoms with Crippen LogP contribution in [0.3, 0.4) is 0 Å². The standard InChI is InChI=1S/C13H27NO2/c1-5-14-11(12-7-6-10-16-12)8-9-13(2,3)15-4/h11-12,14H,5-10H2,1-4H3. The first-order valence-corrected chi connectivity index (χ1v) is 6.49. The van der Waals surface area contributed by atoms with Gasteiger partial charge in [-0.3, -0.25) is 0 Å². The molecule has 0 aromatic carbocycles. The van der Waals surface area contributed by atoms with Crippen LogP contribution in [-0.4, -0.2) is 38.0 Å². The van der Waals surface area contributed by atoms with E-state index in [1.54, 1.807) is 7.11 Å². The zero-order chi connectivity index (χ0) is 12.0. The number of nitrogens with one attached hydrogen (secondary N) is 1. The molecule has 1 fully saturated rings.